The summed E-state index contributed by atoms with van der Waals surface area (Å²) in [5.41, 5.74) is 7.77. The van der Waals surface area contributed by atoms with Crippen LogP contribution < -0.4 is 5.73 Å². The highest BCUT2D eigenvalue weighted by atomic mass is 32.2. The Labute approximate surface area is 167 Å². The second-order valence-electron chi connectivity index (χ2n) is 7.12. The first-order chi connectivity index (χ1) is 13.1. The van der Waals surface area contributed by atoms with E-state index >= 15 is 0 Å². The lowest BCUT2D eigenvalue weighted by atomic mass is 10.1. The van der Waals surface area contributed by atoms with E-state index in [2.05, 4.69) is 0 Å². The standard InChI is InChI=1S/C21H23NO4S2/c1-21(2,19(22)20(23)24)27-13-12-18(14-27)28(25,26)17-10-8-16(9-11-17)15-6-4-3-5-7-15/h3-14,19,27H,22H2,1-2H3,(H,23,24). The fourth-order valence-corrected chi connectivity index (χ4v) is 6.88. The molecule has 0 amide bonds. The number of allylic oxidation sites excluding steroid dienone is 1. The van der Waals surface area contributed by atoms with E-state index in [1.807, 2.05) is 30.3 Å². The van der Waals surface area contributed by atoms with Gasteiger partial charge in [-0.2, -0.15) is 0 Å². The number of nitrogens with two attached hydrogens (primary N) is 1. The number of sulfone groups is 1. The molecular weight excluding hydrogens is 394 g/mol. The zero-order chi connectivity index (χ0) is 20.5. The van der Waals surface area contributed by atoms with Crippen molar-refractivity contribution in [3.63, 3.8) is 0 Å². The van der Waals surface area contributed by atoms with Crippen LogP contribution in [0.3, 0.4) is 0 Å². The van der Waals surface area contributed by atoms with Crippen LogP contribution in [0.1, 0.15) is 13.8 Å². The van der Waals surface area contributed by atoms with Crippen molar-refractivity contribution in [1.29, 1.82) is 0 Å². The smallest absolute Gasteiger partial charge is 0.321 e. The van der Waals surface area contributed by atoms with E-state index in [1.54, 1.807) is 55.0 Å². The molecule has 1 aliphatic rings. The molecule has 148 valence electrons. The van der Waals surface area contributed by atoms with Crippen molar-refractivity contribution in [1.82, 2.24) is 0 Å². The first kappa shape index (κ1) is 20.4. The number of carboxylic acids is 1. The highest BCUT2D eigenvalue weighted by molar-refractivity contribution is 8.24. The minimum absolute atomic E-state index is 0.191. The Hall–Kier alpha value is -2.35. The normalized spacial score (nSPS) is 19.2. The number of thiol groups is 1. The van der Waals surface area contributed by atoms with Crippen LogP contribution in [0.4, 0.5) is 0 Å². The summed E-state index contributed by atoms with van der Waals surface area (Å²) in [5, 5.41) is 12.6. The topological polar surface area (TPSA) is 97.5 Å². The highest BCUT2D eigenvalue weighted by Gasteiger charge is 2.38. The van der Waals surface area contributed by atoms with Crippen molar-refractivity contribution in [2.75, 3.05) is 0 Å². The van der Waals surface area contributed by atoms with Crippen molar-refractivity contribution in [2.45, 2.75) is 29.5 Å². The molecule has 2 aromatic rings. The summed E-state index contributed by atoms with van der Waals surface area (Å²) in [6.45, 7) is 3.51. The van der Waals surface area contributed by atoms with Crippen LogP contribution in [-0.2, 0) is 14.6 Å². The van der Waals surface area contributed by atoms with Gasteiger partial charge in [0.1, 0.15) is 6.04 Å². The summed E-state index contributed by atoms with van der Waals surface area (Å²) in [7, 11) is -4.80. The Morgan fingerprint density at radius 2 is 1.61 bits per heavy atom. The van der Waals surface area contributed by atoms with Gasteiger partial charge in [-0.25, -0.2) is 19.3 Å². The minimum atomic E-state index is -3.67. The van der Waals surface area contributed by atoms with Gasteiger partial charge in [-0.15, -0.1) is 0 Å². The predicted octanol–water partition coefficient (Wildman–Crippen LogP) is 3.69. The van der Waals surface area contributed by atoms with Gasteiger partial charge < -0.3 is 10.8 Å². The molecule has 0 radical (unpaired) electrons. The summed E-state index contributed by atoms with van der Waals surface area (Å²) < 4.78 is 25.2. The maximum atomic E-state index is 13.0. The molecule has 2 unspecified atom stereocenters. The third-order valence-electron chi connectivity index (χ3n) is 4.94. The second-order valence-corrected chi connectivity index (χ2v) is 11.6. The monoisotopic (exact) mass is 417 g/mol. The molecule has 0 saturated carbocycles. The number of benzene rings is 2. The number of rotatable bonds is 6. The van der Waals surface area contributed by atoms with E-state index in [4.69, 9.17) is 5.73 Å². The van der Waals surface area contributed by atoms with Gasteiger partial charge in [0, 0.05) is 4.75 Å². The Morgan fingerprint density at radius 1 is 1.04 bits per heavy atom. The highest BCUT2D eigenvalue weighted by Crippen LogP contribution is 2.50. The van der Waals surface area contributed by atoms with Crippen LogP contribution in [0.25, 0.3) is 11.1 Å². The van der Waals surface area contributed by atoms with Gasteiger partial charge in [-0.05, 0) is 54.0 Å². The van der Waals surface area contributed by atoms with E-state index in [0.29, 0.717) is 0 Å². The molecule has 3 N–H and O–H groups in total. The maximum absolute atomic E-state index is 13.0. The molecule has 1 aliphatic heterocycles. The van der Waals surface area contributed by atoms with Crippen LogP contribution in [0, 0.1) is 0 Å². The Bertz CT molecular complexity index is 1040. The molecule has 28 heavy (non-hydrogen) atoms. The van der Waals surface area contributed by atoms with Crippen LogP contribution in [0.5, 0.6) is 0 Å². The number of carboxylic acid groups (broad SMARTS) is 1. The molecule has 0 spiro atoms. The predicted molar refractivity (Wildman–Crippen MR) is 115 cm³/mol. The largest absolute Gasteiger partial charge is 0.480 e. The SMILES string of the molecule is CC(C)(C(N)C(=O)O)[SH]1C=CC(S(=O)(=O)c2ccc(-c3ccccc3)cc2)=C1. The third-order valence-corrected chi connectivity index (χ3v) is 9.52. The van der Waals surface area contributed by atoms with Crippen molar-refractivity contribution >= 4 is 26.7 Å². The van der Waals surface area contributed by atoms with Crippen molar-refractivity contribution in [2.24, 2.45) is 5.73 Å². The quantitative estimate of drug-likeness (QED) is 0.623. The summed E-state index contributed by atoms with van der Waals surface area (Å²) in [4.78, 5) is 11.7. The summed E-state index contributed by atoms with van der Waals surface area (Å²) in [5.74, 6) is -1.10. The maximum Gasteiger partial charge on any atom is 0.321 e. The Kier molecular flexibility index (Phi) is 5.52. The van der Waals surface area contributed by atoms with E-state index < -0.39 is 37.5 Å². The molecule has 5 nitrogen and oxygen atoms in total. The van der Waals surface area contributed by atoms with Crippen LogP contribution in [0.2, 0.25) is 0 Å². The third kappa shape index (κ3) is 3.78. The van der Waals surface area contributed by atoms with E-state index in [-0.39, 0.29) is 9.80 Å². The van der Waals surface area contributed by atoms with Crippen molar-refractivity contribution in [3.05, 3.63) is 76.4 Å². The van der Waals surface area contributed by atoms with Gasteiger partial charge in [0.2, 0.25) is 9.84 Å². The first-order valence-electron chi connectivity index (χ1n) is 8.71. The number of aliphatic carboxylic acids is 1. The average Bonchev–Trinajstić information content (AvgIpc) is 3.20. The van der Waals surface area contributed by atoms with E-state index in [1.165, 1.54) is 0 Å². The molecule has 3 rings (SSSR count). The fraction of sp³-hybridized carbons (Fsp3) is 0.190. The number of hydrogen-bond donors (Lipinski definition) is 3. The van der Waals surface area contributed by atoms with Gasteiger partial charge in [-0.3, -0.25) is 4.79 Å². The minimum Gasteiger partial charge on any atom is -0.480 e. The molecular formula is C21H23NO4S2. The molecule has 2 aromatic carbocycles. The second kappa shape index (κ2) is 7.58. The van der Waals surface area contributed by atoms with Crippen LogP contribution >= 0.6 is 10.9 Å². The van der Waals surface area contributed by atoms with Crippen LogP contribution in [0.15, 0.2) is 81.3 Å². The molecule has 1 heterocycles. The lowest BCUT2D eigenvalue weighted by Gasteiger charge is -2.35. The summed E-state index contributed by atoms with van der Waals surface area (Å²) in [6, 6.07) is 15.4. The number of carbonyl (C=O) groups is 1. The Morgan fingerprint density at radius 3 is 2.18 bits per heavy atom. The zero-order valence-corrected chi connectivity index (χ0v) is 17.3. The molecule has 0 saturated heterocycles. The zero-order valence-electron chi connectivity index (χ0n) is 15.6. The lowest BCUT2D eigenvalue weighted by molar-refractivity contribution is -0.139. The van der Waals surface area contributed by atoms with Gasteiger partial charge in [0.15, 0.2) is 0 Å². The van der Waals surface area contributed by atoms with Crippen molar-refractivity contribution in [3.8, 4) is 11.1 Å². The molecule has 0 bridgehead atoms. The van der Waals surface area contributed by atoms with Crippen LogP contribution in [-0.4, -0.2) is 30.3 Å². The molecule has 0 fully saturated rings. The molecule has 0 aromatic heterocycles. The van der Waals surface area contributed by atoms with Crippen molar-refractivity contribution < 1.29 is 18.3 Å². The Balaban J connectivity index is 1.88. The summed E-state index contributed by atoms with van der Waals surface area (Å²) in [6.07, 6.45) is 1.56. The summed E-state index contributed by atoms with van der Waals surface area (Å²) >= 11 is 0. The molecule has 0 aliphatic carbocycles. The van der Waals surface area contributed by atoms with Gasteiger partial charge in [0.05, 0.1) is 9.80 Å². The first-order valence-corrected chi connectivity index (χ1v) is 11.7. The fourth-order valence-electron chi connectivity index (χ4n) is 2.95. The molecule has 7 heteroatoms. The molecule has 2 atom stereocenters. The number of hydrogen-bond acceptors (Lipinski definition) is 4. The van der Waals surface area contributed by atoms with Gasteiger partial charge in [-0.1, -0.05) is 42.5 Å². The van der Waals surface area contributed by atoms with Gasteiger partial charge >= 0.3 is 5.97 Å². The van der Waals surface area contributed by atoms with E-state index in [0.717, 1.165) is 11.1 Å². The van der Waals surface area contributed by atoms with E-state index in [9.17, 15) is 18.3 Å². The van der Waals surface area contributed by atoms with Gasteiger partial charge in [0.25, 0.3) is 0 Å². The lowest BCUT2D eigenvalue weighted by Crippen LogP contribution is -2.47. The average molecular weight is 418 g/mol.